The lowest BCUT2D eigenvalue weighted by Crippen LogP contribution is -2.53. The number of ether oxygens (including phenoxy) is 1. The zero-order valence-electron chi connectivity index (χ0n) is 16.6. The van der Waals surface area contributed by atoms with Crippen LogP contribution in [0, 0.1) is 5.92 Å². The molecular formula is C21H29N3O4. The Kier molecular flexibility index (Phi) is 6.70. The maximum atomic E-state index is 12.6. The van der Waals surface area contributed by atoms with Crippen molar-refractivity contribution in [2.24, 2.45) is 5.92 Å². The maximum Gasteiger partial charge on any atom is 0.273 e. The molecule has 2 heterocycles. The van der Waals surface area contributed by atoms with Gasteiger partial charge in [-0.05, 0) is 57.8 Å². The Labute approximate surface area is 165 Å². The van der Waals surface area contributed by atoms with E-state index in [1.165, 1.54) is 0 Å². The van der Waals surface area contributed by atoms with Crippen molar-refractivity contribution < 1.29 is 19.2 Å². The number of rotatable bonds is 8. The van der Waals surface area contributed by atoms with E-state index < -0.39 is 5.54 Å². The number of nitrogens with one attached hydrogen (secondary N) is 1. The van der Waals surface area contributed by atoms with E-state index in [1.54, 1.807) is 6.07 Å². The molecule has 3 rings (SSSR count). The second-order valence-corrected chi connectivity index (χ2v) is 8.02. The van der Waals surface area contributed by atoms with E-state index in [2.05, 4.69) is 15.4 Å². The number of aliphatic hydroxyl groups is 1. The van der Waals surface area contributed by atoms with Crippen LogP contribution in [0.2, 0.25) is 0 Å². The van der Waals surface area contributed by atoms with Crippen molar-refractivity contribution in [3.8, 4) is 5.75 Å². The number of para-hydroxylation sites is 1. The van der Waals surface area contributed by atoms with Crippen LogP contribution in [0.1, 0.15) is 42.9 Å². The van der Waals surface area contributed by atoms with E-state index in [0.717, 1.165) is 38.2 Å². The van der Waals surface area contributed by atoms with E-state index in [0.29, 0.717) is 11.7 Å². The third kappa shape index (κ3) is 5.81. The van der Waals surface area contributed by atoms with Crippen LogP contribution in [0.5, 0.6) is 5.75 Å². The van der Waals surface area contributed by atoms with Crippen LogP contribution in [0.4, 0.5) is 0 Å². The molecule has 0 atom stereocenters. The predicted octanol–water partition coefficient (Wildman–Crippen LogP) is 2.47. The highest BCUT2D eigenvalue weighted by Crippen LogP contribution is 2.19. The summed E-state index contributed by atoms with van der Waals surface area (Å²) in [6.45, 7) is 7.11. The number of aliphatic hydroxyl groups excluding tert-OH is 1. The number of benzene rings is 1. The maximum absolute atomic E-state index is 12.6. The number of piperidine rings is 1. The Hall–Kier alpha value is -2.38. The lowest BCUT2D eigenvalue weighted by molar-refractivity contribution is 0.0831. The first-order valence-electron chi connectivity index (χ1n) is 9.74. The number of aromatic nitrogens is 1. The molecule has 0 unspecified atom stereocenters. The molecule has 1 fully saturated rings. The van der Waals surface area contributed by atoms with E-state index in [-0.39, 0.29) is 24.8 Å². The molecule has 1 aromatic heterocycles. The van der Waals surface area contributed by atoms with Crippen molar-refractivity contribution in [3.63, 3.8) is 0 Å². The fraction of sp³-hybridized carbons (Fsp3) is 0.524. The Morgan fingerprint density at radius 2 is 2.04 bits per heavy atom. The molecule has 1 aromatic carbocycles. The molecule has 1 aliphatic rings. The van der Waals surface area contributed by atoms with Gasteiger partial charge >= 0.3 is 0 Å². The summed E-state index contributed by atoms with van der Waals surface area (Å²) < 4.78 is 10.8. The van der Waals surface area contributed by atoms with Crippen LogP contribution in [0.15, 0.2) is 40.9 Å². The summed E-state index contributed by atoms with van der Waals surface area (Å²) >= 11 is 0. The molecule has 1 saturated heterocycles. The lowest BCUT2D eigenvalue weighted by Gasteiger charge is -2.37. The van der Waals surface area contributed by atoms with E-state index in [9.17, 15) is 9.90 Å². The zero-order chi connectivity index (χ0) is 20.0. The van der Waals surface area contributed by atoms with Gasteiger partial charge in [-0.1, -0.05) is 23.4 Å². The van der Waals surface area contributed by atoms with Crippen LogP contribution in [0.25, 0.3) is 0 Å². The van der Waals surface area contributed by atoms with Gasteiger partial charge in [0.2, 0.25) is 0 Å². The monoisotopic (exact) mass is 387 g/mol. The van der Waals surface area contributed by atoms with Crippen LogP contribution >= 0.6 is 0 Å². The van der Waals surface area contributed by atoms with Gasteiger partial charge in [-0.25, -0.2) is 0 Å². The smallest absolute Gasteiger partial charge is 0.273 e. The molecule has 7 nitrogen and oxygen atoms in total. The highest BCUT2D eigenvalue weighted by atomic mass is 16.5. The van der Waals surface area contributed by atoms with Gasteiger partial charge in [-0.2, -0.15) is 0 Å². The first-order valence-corrected chi connectivity index (χ1v) is 9.74. The first-order chi connectivity index (χ1) is 13.4. The summed E-state index contributed by atoms with van der Waals surface area (Å²) in [5.41, 5.74) is -0.151. The van der Waals surface area contributed by atoms with Crippen molar-refractivity contribution in [1.29, 1.82) is 0 Å². The fourth-order valence-electron chi connectivity index (χ4n) is 3.46. The van der Waals surface area contributed by atoms with Gasteiger partial charge in [-0.15, -0.1) is 0 Å². The largest absolute Gasteiger partial charge is 0.486 e. The van der Waals surface area contributed by atoms with Gasteiger partial charge in [0.1, 0.15) is 12.4 Å². The molecule has 2 N–H and O–H groups in total. The zero-order valence-corrected chi connectivity index (χ0v) is 16.6. The summed E-state index contributed by atoms with van der Waals surface area (Å²) in [7, 11) is 0. The number of carbonyl (C=O) groups excluding carboxylic acids is 1. The van der Waals surface area contributed by atoms with Gasteiger partial charge in [0, 0.05) is 24.8 Å². The predicted molar refractivity (Wildman–Crippen MR) is 105 cm³/mol. The van der Waals surface area contributed by atoms with Crippen LogP contribution in [-0.4, -0.2) is 52.9 Å². The third-order valence-corrected chi connectivity index (χ3v) is 4.95. The average molecular weight is 387 g/mol. The first kappa shape index (κ1) is 20.4. The van der Waals surface area contributed by atoms with Gasteiger partial charge < -0.3 is 24.6 Å². The van der Waals surface area contributed by atoms with E-state index in [4.69, 9.17) is 9.26 Å². The minimum atomic E-state index is -0.400. The molecule has 0 radical (unpaired) electrons. The summed E-state index contributed by atoms with van der Waals surface area (Å²) in [4.78, 5) is 14.9. The summed E-state index contributed by atoms with van der Waals surface area (Å²) in [6.07, 6.45) is 1.99. The molecule has 0 aliphatic carbocycles. The Morgan fingerprint density at radius 3 is 2.71 bits per heavy atom. The number of likely N-dealkylation sites (tertiary alicyclic amines) is 1. The SMILES string of the molecule is CC(C)(CN1CCC(CO)CC1)NC(=O)c1cc(COc2ccccc2)on1. The lowest BCUT2D eigenvalue weighted by atomic mass is 9.95. The van der Waals surface area contributed by atoms with Gasteiger partial charge in [-0.3, -0.25) is 4.79 Å². The van der Waals surface area contributed by atoms with Gasteiger partial charge in [0.15, 0.2) is 11.5 Å². The van der Waals surface area contributed by atoms with Crippen molar-refractivity contribution in [1.82, 2.24) is 15.4 Å². The highest BCUT2D eigenvalue weighted by molar-refractivity contribution is 5.92. The summed E-state index contributed by atoms with van der Waals surface area (Å²) in [6, 6.07) is 11.0. The number of carbonyl (C=O) groups is 1. The van der Waals surface area contributed by atoms with Crippen LogP contribution in [-0.2, 0) is 6.61 Å². The van der Waals surface area contributed by atoms with Crippen molar-refractivity contribution in [2.75, 3.05) is 26.2 Å². The van der Waals surface area contributed by atoms with Crippen LogP contribution in [0.3, 0.4) is 0 Å². The molecule has 7 heteroatoms. The highest BCUT2D eigenvalue weighted by Gasteiger charge is 2.28. The number of hydrogen-bond acceptors (Lipinski definition) is 6. The Balaban J connectivity index is 1.49. The number of amides is 1. The number of hydrogen-bond donors (Lipinski definition) is 2. The molecular weight excluding hydrogens is 358 g/mol. The normalized spacial score (nSPS) is 16.1. The molecule has 0 spiro atoms. The van der Waals surface area contributed by atoms with Gasteiger partial charge in [0.05, 0.1) is 0 Å². The Bertz CT molecular complexity index is 752. The van der Waals surface area contributed by atoms with E-state index >= 15 is 0 Å². The molecule has 1 aliphatic heterocycles. The molecule has 2 aromatic rings. The van der Waals surface area contributed by atoms with Crippen LogP contribution < -0.4 is 10.1 Å². The summed E-state index contributed by atoms with van der Waals surface area (Å²) in [5.74, 6) is 1.37. The average Bonchev–Trinajstić information content (AvgIpc) is 3.16. The number of nitrogens with zero attached hydrogens (tertiary/aromatic N) is 2. The minimum absolute atomic E-state index is 0.216. The fourth-order valence-corrected chi connectivity index (χ4v) is 3.46. The molecule has 28 heavy (non-hydrogen) atoms. The van der Waals surface area contributed by atoms with E-state index in [1.807, 2.05) is 44.2 Å². The minimum Gasteiger partial charge on any atom is -0.486 e. The second kappa shape index (κ2) is 9.21. The Morgan fingerprint density at radius 1 is 1.32 bits per heavy atom. The second-order valence-electron chi connectivity index (χ2n) is 8.02. The summed E-state index contributed by atoms with van der Waals surface area (Å²) in [5, 5.41) is 16.2. The molecule has 152 valence electrons. The topological polar surface area (TPSA) is 87.8 Å². The van der Waals surface area contributed by atoms with Crippen molar-refractivity contribution >= 4 is 5.91 Å². The van der Waals surface area contributed by atoms with Crippen molar-refractivity contribution in [3.05, 3.63) is 47.9 Å². The molecule has 0 bridgehead atoms. The standard InChI is InChI=1S/C21H29N3O4/c1-21(2,15-24-10-8-16(13-25)9-11-24)22-20(26)19-12-18(28-23-19)14-27-17-6-4-3-5-7-17/h3-7,12,16,25H,8-11,13-15H2,1-2H3,(H,22,26). The van der Waals surface area contributed by atoms with Gasteiger partial charge in [0.25, 0.3) is 5.91 Å². The van der Waals surface area contributed by atoms with Crippen molar-refractivity contribution in [2.45, 2.75) is 38.8 Å². The quantitative estimate of drug-likeness (QED) is 0.723. The molecule has 1 amide bonds. The molecule has 0 saturated carbocycles. The third-order valence-electron chi connectivity index (χ3n) is 4.95.